The molecule has 2 rings (SSSR count). The highest BCUT2D eigenvalue weighted by Gasteiger charge is 2.45. The first-order valence-corrected chi connectivity index (χ1v) is 5.97. The van der Waals surface area contributed by atoms with Crippen molar-refractivity contribution in [1.29, 1.82) is 0 Å². The lowest BCUT2D eigenvalue weighted by Crippen LogP contribution is -2.21. The van der Waals surface area contributed by atoms with Crippen LogP contribution in [0.4, 0.5) is 11.6 Å². The van der Waals surface area contributed by atoms with E-state index in [4.69, 9.17) is 10.5 Å². The molecule has 0 atom stereocenters. The van der Waals surface area contributed by atoms with Crippen molar-refractivity contribution in [1.82, 2.24) is 9.97 Å². The van der Waals surface area contributed by atoms with Crippen LogP contribution in [0.3, 0.4) is 0 Å². The smallest absolute Gasteiger partial charge is 0.203 e. The van der Waals surface area contributed by atoms with Gasteiger partial charge in [-0.25, -0.2) is 9.97 Å². The number of anilines is 2. The lowest BCUT2D eigenvalue weighted by Gasteiger charge is -2.21. The van der Waals surface area contributed by atoms with Crippen molar-refractivity contribution >= 4 is 11.6 Å². The molecule has 1 heterocycles. The Labute approximate surface area is 102 Å². The second kappa shape index (κ2) is 4.39. The average Bonchev–Trinajstić information content (AvgIpc) is 3.07. The molecule has 0 radical (unpaired) electrons. The molecule has 0 bridgehead atoms. The molecule has 5 heteroatoms. The summed E-state index contributed by atoms with van der Waals surface area (Å²) in [6.07, 6.45) is 4.01. The second-order valence-corrected chi connectivity index (χ2v) is 5.01. The largest absolute Gasteiger partial charge is 0.490 e. The van der Waals surface area contributed by atoms with Crippen molar-refractivity contribution in [2.45, 2.75) is 26.7 Å². The molecule has 1 saturated carbocycles. The summed E-state index contributed by atoms with van der Waals surface area (Å²) in [7, 11) is 1.58. The SMILES string of the molecule is COc1c(N)ncnc1NCC1(C(C)C)CC1. The highest BCUT2D eigenvalue weighted by Crippen LogP contribution is 2.51. The van der Waals surface area contributed by atoms with E-state index in [-0.39, 0.29) is 0 Å². The van der Waals surface area contributed by atoms with Crippen LogP contribution >= 0.6 is 0 Å². The molecule has 0 unspecified atom stereocenters. The summed E-state index contributed by atoms with van der Waals surface area (Å²) in [5.41, 5.74) is 6.15. The maximum absolute atomic E-state index is 5.73. The van der Waals surface area contributed by atoms with E-state index in [9.17, 15) is 0 Å². The fraction of sp³-hybridized carbons (Fsp3) is 0.667. The zero-order valence-electron chi connectivity index (χ0n) is 10.7. The first kappa shape index (κ1) is 12.0. The van der Waals surface area contributed by atoms with E-state index < -0.39 is 0 Å². The lowest BCUT2D eigenvalue weighted by atomic mass is 9.92. The third-order valence-electron chi connectivity index (χ3n) is 3.76. The first-order valence-electron chi connectivity index (χ1n) is 5.97. The van der Waals surface area contributed by atoms with Crippen LogP contribution in [0.1, 0.15) is 26.7 Å². The third-order valence-corrected chi connectivity index (χ3v) is 3.76. The van der Waals surface area contributed by atoms with Crippen molar-refractivity contribution in [3.05, 3.63) is 6.33 Å². The number of nitrogen functional groups attached to an aromatic ring is 1. The topological polar surface area (TPSA) is 73.1 Å². The van der Waals surface area contributed by atoms with Crippen molar-refractivity contribution in [2.24, 2.45) is 11.3 Å². The van der Waals surface area contributed by atoms with Gasteiger partial charge in [0.05, 0.1) is 7.11 Å². The van der Waals surface area contributed by atoms with Gasteiger partial charge in [-0.3, -0.25) is 0 Å². The average molecular weight is 236 g/mol. The summed E-state index contributed by atoms with van der Waals surface area (Å²) >= 11 is 0. The Morgan fingerprint density at radius 1 is 1.47 bits per heavy atom. The molecule has 0 saturated heterocycles. The molecule has 1 aromatic rings. The van der Waals surface area contributed by atoms with E-state index in [1.54, 1.807) is 7.11 Å². The summed E-state index contributed by atoms with van der Waals surface area (Å²) in [5, 5.41) is 3.33. The van der Waals surface area contributed by atoms with Crippen LogP contribution in [0.15, 0.2) is 6.33 Å². The predicted octanol–water partition coefficient (Wildman–Crippen LogP) is 1.92. The summed E-state index contributed by atoms with van der Waals surface area (Å²) in [5.74, 6) is 2.28. The molecule has 1 aliphatic carbocycles. The van der Waals surface area contributed by atoms with Crippen molar-refractivity contribution in [3.8, 4) is 5.75 Å². The van der Waals surface area contributed by atoms with Crippen molar-refractivity contribution in [3.63, 3.8) is 0 Å². The van der Waals surface area contributed by atoms with Gasteiger partial charge in [-0.1, -0.05) is 13.8 Å². The molecule has 0 spiro atoms. The van der Waals surface area contributed by atoms with Crippen LogP contribution in [-0.4, -0.2) is 23.6 Å². The maximum Gasteiger partial charge on any atom is 0.203 e. The minimum absolute atomic E-state index is 0.374. The molecular formula is C12H20N4O. The predicted molar refractivity (Wildman–Crippen MR) is 68.0 cm³/mol. The third kappa shape index (κ3) is 2.28. The fourth-order valence-electron chi connectivity index (χ4n) is 2.09. The maximum atomic E-state index is 5.73. The zero-order valence-corrected chi connectivity index (χ0v) is 10.7. The van der Waals surface area contributed by atoms with E-state index in [1.165, 1.54) is 19.2 Å². The molecule has 1 fully saturated rings. The summed E-state index contributed by atoms with van der Waals surface area (Å²) in [6, 6.07) is 0. The summed E-state index contributed by atoms with van der Waals surface area (Å²) < 4.78 is 5.21. The fourth-order valence-corrected chi connectivity index (χ4v) is 2.09. The Bertz CT molecular complexity index is 401. The Morgan fingerprint density at radius 3 is 2.71 bits per heavy atom. The molecule has 0 amide bonds. The molecule has 1 aliphatic rings. The molecule has 0 aliphatic heterocycles. The number of ether oxygens (including phenoxy) is 1. The Morgan fingerprint density at radius 2 is 2.18 bits per heavy atom. The van der Waals surface area contributed by atoms with Gasteiger partial charge in [0.1, 0.15) is 6.33 Å². The normalized spacial score (nSPS) is 16.9. The molecule has 1 aromatic heterocycles. The van der Waals surface area contributed by atoms with E-state index >= 15 is 0 Å². The van der Waals surface area contributed by atoms with Crippen LogP contribution in [0.2, 0.25) is 0 Å². The van der Waals surface area contributed by atoms with Crippen LogP contribution in [0.25, 0.3) is 0 Å². The number of hydrogen-bond donors (Lipinski definition) is 2. The number of nitrogens with one attached hydrogen (secondary N) is 1. The number of aromatic nitrogens is 2. The molecule has 3 N–H and O–H groups in total. The molecule has 5 nitrogen and oxygen atoms in total. The van der Waals surface area contributed by atoms with E-state index in [2.05, 4.69) is 29.1 Å². The first-order chi connectivity index (χ1) is 8.09. The van der Waals surface area contributed by atoms with Gasteiger partial charge in [0.25, 0.3) is 0 Å². The number of hydrogen-bond acceptors (Lipinski definition) is 5. The summed E-state index contributed by atoms with van der Waals surface area (Å²) in [4.78, 5) is 8.08. The standard InChI is InChI=1S/C12H20N4O/c1-8(2)12(4-5-12)6-14-11-9(17-3)10(13)15-7-16-11/h7-8H,4-6H2,1-3H3,(H3,13,14,15,16). The lowest BCUT2D eigenvalue weighted by molar-refractivity contribution is 0.377. The number of nitrogens with zero attached hydrogens (tertiary/aromatic N) is 2. The number of methoxy groups -OCH3 is 1. The van der Waals surface area contributed by atoms with Gasteiger partial charge < -0.3 is 15.8 Å². The van der Waals surface area contributed by atoms with Crippen LogP contribution in [0.5, 0.6) is 5.75 Å². The molecular weight excluding hydrogens is 216 g/mol. The Hall–Kier alpha value is -1.52. The zero-order chi connectivity index (χ0) is 12.5. The van der Waals surface area contributed by atoms with Crippen LogP contribution in [-0.2, 0) is 0 Å². The quantitative estimate of drug-likeness (QED) is 0.817. The van der Waals surface area contributed by atoms with E-state index in [0.29, 0.717) is 28.7 Å². The number of rotatable bonds is 5. The van der Waals surface area contributed by atoms with E-state index in [1.807, 2.05) is 0 Å². The molecule has 0 aromatic carbocycles. The summed E-state index contributed by atoms with van der Waals surface area (Å²) in [6.45, 7) is 5.44. The van der Waals surface area contributed by atoms with Gasteiger partial charge in [-0.05, 0) is 24.2 Å². The van der Waals surface area contributed by atoms with Gasteiger partial charge >= 0.3 is 0 Å². The number of nitrogens with two attached hydrogens (primary N) is 1. The highest BCUT2D eigenvalue weighted by molar-refractivity contribution is 5.61. The van der Waals surface area contributed by atoms with Gasteiger partial charge in [0, 0.05) is 6.54 Å². The van der Waals surface area contributed by atoms with Crippen molar-refractivity contribution in [2.75, 3.05) is 24.7 Å². The van der Waals surface area contributed by atoms with Gasteiger partial charge in [0.2, 0.25) is 5.75 Å². The monoisotopic (exact) mass is 236 g/mol. The van der Waals surface area contributed by atoms with Gasteiger partial charge in [0.15, 0.2) is 11.6 Å². The molecule has 17 heavy (non-hydrogen) atoms. The minimum Gasteiger partial charge on any atom is -0.490 e. The second-order valence-electron chi connectivity index (χ2n) is 5.01. The molecule has 94 valence electrons. The van der Waals surface area contributed by atoms with Gasteiger partial charge in [-0.15, -0.1) is 0 Å². The van der Waals surface area contributed by atoms with Crippen LogP contribution < -0.4 is 15.8 Å². The Kier molecular flexibility index (Phi) is 3.09. The minimum atomic E-state index is 0.374. The van der Waals surface area contributed by atoms with Crippen molar-refractivity contribution < 1.29 is 4.74 Å². The Balaban J connectivity index is 2.07. The van der Waals surface area contributed by atoms with Crippen LogP contribution in [0, 0.1) is 11.3 Å². The highest BCUT2D eigenvalue weighted by atomic mass is 16.5. The van der Waals surface area contributed by atoms with Gasteiger partial charge in [-0.2, -0.15) is 0 Å². The van der Waals surface area contributed by atoms with E-state index in [0.717, 1.165) is 6.54 Å².